The molecule has 0 aliphatic rings. The smallest absolute Gasteiger partial charge is 0.272 e. The van der Waals surface area contributed by atoms with Gasteiger partial charge in [0.1, 0.15) is 0 Å². The lowest BCUT2D eigenvalue weighted by Gasteiger charge is -2.21. The van der Waals surface area contributed by atoms with E-state index in [-0.39, 0.29) is 28.6 Å². The Kier molecular flexibility index (Phi) is 5.26. The lowest BCUT2D eigenvalue weighted by Crippen LogP contribution is -2.31. The van der Waals surface area contributed by atoms with Crippen LogP contribution < -0.4 is 10.5 Å². The van der Waals surface area contributed by atoms with E-state index in [9.17, 15) is 9.59 Å². The van der Waals surface area contributed by atoms with Gasteiger partial charge in [-0.05, 0) is 48.4 Å². The van der Waals surface area contributed by atoms with E-state index >= 15 is 0 Å². The Morgan fingerprint density at radius 1 is 1.13 bits per heavy atom. The number of H-pyrrole nitrogens is 1. The number of anilines is 1. The molecule has 0 spiro atoms. The van der Waals surface area contributed by atoms with Crippen molar-refractivity contribution in [2.24, 2.45) is 0 Å². The summed E-state index contributed by atoms with van der Waals surface area (Å²) < 4.78 is 1.29. The highest BCUT2D eigenvalue weighted by Gasteiger charge is 2.24. The summed E-state index contributed by atoms with van der Waals surface area (Å²) in [6.45, 7) is 10.2. The first-order valence-electron chi connectivity index (χ1n) is 10.1. The highest BCUT2D eigenvalue weighted by molar-refractivity contribution is 7.09. The average Bonchev–Trinajstić information content (AvgIpc) is 3.39. The number of aromatic nitrogens is 4. The molecular weight excluding hydrogens is 410 g/mol. The van der Waals surface area contributed by atoms with Crippen LogP contribution in [0.5, 0.6) is 0 Å². The molecule has 3 heterocycles. The number of amides is 1. The Hall–Kier alpha value is -3.26. The van der Waals surface area contributed by atoms with Gasteiger partial charge in [0.25, 0.3) is 17.2 Å². The SMILES string of the molecule is Cc1nc2nc(N(Cc3cccs3)C(=O)c3ccc(C(C)(C)C)cc3)[nH]n2c(=O)c1C. The van der Waals surface area contributed by atoms with Crippen molar-refractivity contribution in [2.45, 2.75) is 46.6 Å². The molecule has 0 bridgehead atoms. The predicted molar refractivity (Wildman–Crippen MR) is 123 cm³/mol. The summed E-state index contributed by atoms with van der Waals surface area (Å²) in [4.78, 5) is 37.5. The van der Waals surface area contributed by atoms with Crippen LogP contribution in [-0.4, -0.2) is 25.5 Å². The Morgan fingerprint density at radius 2 is 1.84 bits per heavy atom. The third kappa shape index (κ3) is 4.03. The van der Waals surface area contributed by atoms with Gasteiger partial charge in [-0.15, -0.1) is 11.3 Å². The molecule has 0 unspecified atom stereocenters. The van der Waals surface area contributed by atoms with E-state index in [1.807, 2.05) is 41.8 Å². The quantitative estimate of drug-likeness (QED) is 0.520. The molecule has 31 heavy (non-hydrogen) atoms. The second-order valence-corrected chi connectivity index (χ2v) is 9.64. The van der Waals surface area contributed by atoms with Gasteiger partial charge in [0, 0.05) is 21.7 Å². The van der Waals surface area contributed by atoms with Crippen LogP contribution in [0, 0.1) is 13.8 Å². The third-order valence-electron chi connectivity index (χ3n) is 5.34. The summed E-state index contributed by atoms with van der Waals surface area (Å²) in [5.41, 5.74) is 2.65. The van der Waals surface area contributed by atoms with E-state index in [2.05, 4.69) is 35.8 Å². The number of carbonyl (C=O) groups excluding carboxylic acids is 1. The zero-order valence-electron chi connectivity index (χ0n) is 18.3. The molecule has 8 heteroatoms. The van der Waals surface area contributed by atoms with Gasteiger partial charge in [-0.1, -0.05) is 39.0 Å². The highest BCUT2D eigenvalue weighted by atomic mass is 32.1. The normalized spacial score (nSPS) is 11.8. The van der Waals surface area contributed by atoms with Gasteiger partial charge in [-0.2, -0.15) is 9.50 Å². The van der Waals surface area contributed by atoms with Crippen LogP contribution in [0.3, 0.4) is 0 Å². The summed E-state index contributed by atoms with van der Waals surface area (Å²) in [5, 5.41) is 4.94. The van der Waals surface area contributed by atoms with E-state index in [1.165, 1.54) is 4.52 Å². The zero-order valence-corrected chi connectivity index (χ0v) is 19.1. The first kappa shape index (κ1) is 21.0. The molecule has 1 amide bonds. The van der Waals surface area contributed by atoms with Crippen LogP contribution in [0.4, 0.5) is 5.95 Å². The van der Waals surface area contributed by atoms with Crippen molar-refractivity contribution < 1.29 is 4.79 Å². The molecule has 4 aromatic rings. The Labute approximate surface area is 184 Å². The van der Waals surface area contributed by atoms with Crippen molar-refractivity contribution in [1.82, 2.24) is 19.6 Å². The lowest BCUT2D eigenvalue weighted by atomic mass is 9.86. The number of aryl methyl sites for hydroxylation is 1. The van der Waals surface area contributed by atoms with Gasteiger partial charge >= 0.3 is 0 Å². The minimum absolute atomic E-state index is 0.000471. The number of nitrogens with zero attached hydrogens (tertiary/aromatic N) is 4. The molecule has 7 nitrogen and oxygen atoms in total. The van der Waals surface area contributed by atoms with Crippen LogP contribution in [0.2, 0.25) is 0 Å². The number of rotatable bonds is 4. The molecule has 4 rings (SSSR count). The zero-order chi connectivity index (χ0) is 22.3. The predicted octanol–water partition coefficient (Wildman–Crippen LogP) is 4.24. The standard InChI is InChI=1S/C23H25N5O2S/c1-14-15(2)24-21-25-22(26-28(21)19(14)29)27(13-18-7-6-12-31-18)20(30)16-8-10-17(11-9-16)23(3,4)5/h6-12H,13H2,1-5H3,(H,24,25,26). The number of fused-ring (bicyclic) bond motifs is 1. The van der Waals surface area contributed by atoms with Gasteiger partial charge in [0.15, 0.2) is 0 Å². The average molecular weight is 436 g/mol. The topological polar surface area (TPSA) is 83.4 Å². The van der Waals surface area contributed by atoms with E-state index in [0.717, 1.165) is 10.4 Å². The molecule has 1 N–H and O–H groups in total. The molecular formula is C23H25N5O2S. The summed E-state index contributed by atoms with van der Waals surface area (Å²) in [6.07, 6.45) is 0. The van der Waals surface area contributed by atoms with E-state index in [1.54, 1.807) is 30.1 Å². The van der Waals surface area contributed by atoms with Crippen molar-refractivity contribution in [3.63, 3.8) is 0 Å². The second kappa shape index (κ2) is 7.77. The Morgan fingerprint density at radius 3 is 2.45 bits per heavy atom. The number of nitrogens with one attached hydrogen (secondary N) is 1. The summed E-state index contributed by atoms with van der Waals surface area (Å²) in [5.74, 6) is 0.331. The van der Waals surface area contributed by atoms with E-state index < -0.39 is 0 Å². The number of hydrogen-bond donors (Lipinski definition) is 1. The van der Waals surface area contributed by atoms with Crippen LogP contribution in [-0.2, 0) is 12.0 Å². The minimum atomic E-state index is -0.223. The maximum absolute atomic E-state index is 13.5. The van der Waals surface area contributed by atoms with Gasteiger partial charge in [-0.25, -0.2) is 4.98 Å². The Balaban J connectivity index is 1.78. The number of thiophene rings is 1. The van der Waals surface area contributed by atoms with Gasteiger partial charge in [0.05, 0.1) is 6.54 Å². The molecule has 0 atom stereocenters. The summed E-state index contributed by atoms with van der Waals surface area (Å²) in [6, 6.07) is 11.5. The fourth-order valence-corrected chi connectivity index (χ4v) is 3.98. The molecule has 0 radical (unpaired) electrons. The molecule has 0 fully saturated rings. The second-order valence-electron chi connectivity index (χ2n) is 8.61. The monoisotopic (exact) mass is 435 g/mol. The maximum atomic E-state index is 13.5. The fourth-order valence-electron chi connectivity index (χ4n) is 3.28. The van der Waals surface area contributed by atoms with Crippen molar-refractivity contribution in [3.05, 3.63) is 79.4 Å². The van der Waals surface area contributed by atoms with Crippen LogP contribution in [0.25, 0.3) is 5.78 Å². The van der Waals surface area contributed by atoms with Crippen molar-refractivity contribution in [2.75, 3.05) is 4.90 Å². The Bertz CT molecular complexity index is 1290. The summed E-state index contributed by atoms with van der Waals surface area (Å²) >= 11 is 1.56. The van der Waals surface area contributed by atoms with Crippen molar-refractivity contribution in [3.8, 4) is 0 Å². The maximum Gasteiger partial charge on any atom is 0.277 e. The van der Waals surface area contributed by atoms with Gasteiger partial charge in [0.2, 0.25) is 5.95 Å². The third-order valence-corrected chi connectivity index (χ3v) is 6.21. The van der Waals surface area contributed by atoms with Crippen LogP contribution in [0.15, 0.2) is 46.6 Å². The van der Waals surface area contributed by atoms with E-state index in [4.69, 9.17) is 0 Å². The lowest BCUT2D eigenvalue weighted by molar-refractivity contribution is 0.0983. The van der Waals surface area contributed by atoms with E-state index in [0.29, 0.717) is 23.4 Å². The number of benzene rings is 1. The number of aromatic amines is 1. The number of carbonyl (C=O) groups is 1. The van der Waals surface area contributed by atoms with Gasteiger partial charge in [-0.3, -0.25) is 19.6 Å². The largest absolute Gasteiger partial charge is 0.277 e. The molecule has 3 aromatic heterocycles. The van der Waals surface area contributed by atoms with Crippen LogP contribution in [0.1, 0.15) is 52.8 Å². The molecule has 0 saturated carbocycles. The van der Waals surface area contributed by atoms with Crippen LogP contribution >= 0.6 is 11.3 Å². The fraction of sp³-hybridized carbons (Fsp3) is 0.304. The van der Waals surface area contributed by atoms with Gasteiger partial charge < -0.3 is 0 Å². The summed E-state index contributed by atoms with van der Waals surface area (Å²) in [7, 11) is 0. The molecule has 1 aromatic carbocycles. The number of hydrogen-bond acceptors (Lipinski definition) is 5. The highest BCUT2D eigenvalue weighted by Crippen LogP contribution is 2.24. The molecule has 160 valence electrons. The first-order valence-corrected chi connectivity index (χ1v) is 10.9. The molecule has 0 aliphatic heterocycles. The minimum Gasteiger partial charge on any atom is -0.272 e. The molecule has 0 aliphatic carbocycles. The van der Waals surface area contributed by atoms with Crippen molar-refractivity contribution in [1.29, 1.82) is 0 Å². The molecule has 0 saturated heterocycles. The van der Waals surface area contributed by atoms with Crippen molar-refractivity contribution >= 4 is 29.0 Å². The first-order chi connectivity index (χ1) is 14.6.